The van der Waals surface area contributed by atoms with Crippen molar-refractivity contribution in [3.8, 4) is 0 Å². The van der Waals surface area contributed by atoms with E-state index in [1.54, 1.807) is 25.6 Å². The molecule has 1 aliphatic heterocycles. The molecular formula is C21H28FN7O. The minimum atomic E-state index is -1.06. The van der Waals surface area contributed by atoms with Crippen molar-refractivity contribution in [2.75, 3.05) is 30.4 Å². The van der Waals surface area contributed by atoms with Gasteiger partial charge in [-0.3, -0.25) is 0 Å². The van der Waals surface area contributed by atoms with Crippen molar-refractivity contribution < 1.29 is 9.13 Å². The van der Waals surface area contributed by atoms with Gasteiger partial charge in [0, 0.05) is 38.4 Å². The largest absolute Gasteiger partial charge is 0.378 e. The molecule has 1 N–H and O–H groups in total. The number of rotatable bonds is 6. The molecule has 0 saturated carbocycles. The van der Waals surface area contributed by atoms with E-state index in [-0.39, 0.29) is 12.6 Å². The maximum absolute atomic E-state index is 14.3. The molecule has 3 aromatic heterocycles. The number of ether oxygens (including phenoxy) is 1. The number of imidazole rings is 1. The molecule has 2 atom stereocenters. The third-order valence-electron chi connectivity index (χ3n) is 5.45. The first-order valence-electron chi connectivity index (χ1n) is 10.4. The Morgan fingerprint density at radius 1 is 1.27 bits per heavy atom. The molecule has 0 unspecified atom stereocenters. The van der Waals surface area contributed by atoms with Gasteiger partial charge in [0.15, 0.2) is 0 Å². The minimum Gasteiger partial charge on any atom is -0.378 e. The van der Waals surface area contributed by atoms with Gasteiger partial charge in [-0.15, -0.1) is 0 Å². The molecule has 1 saturated heterocycles. The Morgan fingerprint density at radius 2 is 2.10 bits per heavy atom. The van der Waals surface area contributed by atoms with Crippen molar-refractivity contribution in [1.82, 2.24) is 24.5 Å². The molecule has 1 fully saturated rings. The summed E-state index contributed by atoms with van der Waals surface area (Å²) < 4.78 is 21.7. The molecule has 0 radical (unpaired) electrons. The van der Waals surface area contributed by atoms with Crippen molar-refractivity contribution >= 4 is 28.6 Å². The number of piperidine rings is 1. The minimum absolute atomic E-state index is 0.222. The van der Waals surface area contributed by atoms with Crippen LogP contribution in [-0.2, 0) is 11.2 Å². The smallest absolute Gasteiger partial charge is 0.227 e. The number of hydrogen-bond donors (Lipinski definition) is 1. The SMILES string of the molecule is CCc1nc2cnc(Nc3ccnc(N4CC[C@@H](OC)[C@@H](F)C4)n3)cc2n1C(C)C. The van der Waals surface area contributed by atoms with Crippen LogP contribution in [0.25, 0.3) is 11.0 Å². The zero-order valence-electron chi connectivity index (χ0n) is 17.8. The van der Waals surface area contributed by atoms with Crippen LogP contribution in [0.1, 0.15) is 39.1 Å². The van der Waals surface area contributed by atoms with Crippen LogP contribution in [0.4, 0.5) is 22.0 Å². The van der Waals surface area contributed by atoms with Gasteiger partial charge in [-0.2, -0.15) is 4.98 Å². The van der Waals surface area contributed by atoms with Crippen LogP contribution in [0.5, 0.6) is 0 Å². The monoisotopic (exact) mass is 413 g/mol. The number of alkyl halides is 1. The van der Waals surface area contributed by atoms with Gasteiger partial charge >= 0.3 is 0 Å². The van der Waals surface area contributed by atoms with Gasteiger partial charge < -0.3 is 19.5 Å². The Hall–Kier alpha value is -2.81. The normalized spacial score (nSPS) is 19.6. The predicted octanol–water partition coefficient (Wildman–Crippen LogP) is 3.67. The lowest BCUT2D eigenvalue weighted by Crippen LogP contribution is -2.46. The number of aromatic nitrogens is 5. The highest BCUT2D eigenvalue weighted by atomic mass is 19.1. The zero-order chi connectivity index (χ0) is 21.3. The van der Waals surface area contributed by atoms with Crippen LogP contribution < -0.4 is 10.2 Å². The van der Waals surface area contributed by atoms with Crippen molar-refractivity contribution in [2.45, 2.75) is 51.9 Å². The van der Waals surface area contributed by atoms with E-state index in [0.29, 0.717) is 36.6 Å². The first-order valence-corrected chi connectivity index (χ1v) is 10.4. The molecule has 160 valence electrons. The van der Waals surface area contributed by atoms with Crippen molar-refractivity contribution in [3.05, 3.63) is 30.4 Å². The fourth-order valence-corrected chi connectivity index (χ4v) is 3.97. The standard InChI is InChI=1S/C21H28FN7O/c1-5-20-25-15-11-24-19(10-16(15)29(20)13(2)3)26-18-6-8-23-21(27-18)28-9-7-17(30-4)14(22)12-28/h6,8,10-11,13-14,17H,5,7,9,12H2,1-4H3,(H,23,24,26,27)/t14-,17+/m0/s1. The summed E-state index contributed by atoms with van der Waals surface area (Å²) in [6.07, 6.45) is 3.50. The summed E-state index contributed by atoms with van der Waals surface area (Å²) in [4.78, 5) is 19.9. The predicted molar refractivity (Wildman–Crippen MR) is 115 cm³/mol. The summed E-state index contributed by atoms with van der Waals surface area (Å²) in [7, 11) is 1.55. The quantitative estimate of drug-likeness (QED) is 0.660. The van der Waals surface area contributed by atoms with Crippen LogP contribution >= 0.6 is 0 Å². The number of nitrogens with zero attached hydrogens (tertiary/aromatic N) is 6. The number of methoxy groups -OCH3 is 1. The lowest BCUT2D eigenvalue weighted by Gasteiger charge is -2.33. The van der Waals surface area contributed by atoms with Crippen LogP contribution in [0.3, 0.4) is 0 Å². The molecule has 0 spiro atoms. The number of hydrogen-bond acceptors (Lipinski definition) is 7. The Bertz CT molecular complexity index is 1020. The molecule has 9 heteroatoms. The second-order valence-electron chi connectivity index (χ2n) is 7.80. The van der Waals surface area contributed by atoms with Crippen molar-refractivity contribution in [1.29, 1.82) is 0 Å². The van der Waals surface area contributed by atoms with E-state index >= 15 is 0 Å². The van der Waals surface area contributed by atoms with Gasteiger partial charge in [-0.1, -0.05) is 6.92 Å². The van der Waals surface area contributed by atoms with E-state index < -0.39 is 6.17 Å². The summed E-state index contributed by atoms with van der Waals surface area (Å²) in [5.74, 6) is 2.84. The molecule has 0 bridgehead atoms. The van der Waals surface area contributed by atoms with E-state index in [4.69, 9.17) is 9.72 Å². The topological polar surface area (TPSA) is 81.0 Å². The maximum Gasteiger partial charge on any atom is 0.227 e. The summed E-state index contributed by atoms with van der Waals surface area (Å²) in [6, 6.07) is 4.07. The molecule has 0 aliphatic carbocycles. The number of aryl methyl sites for hydroxylation is 1. The number of halogens is 1. The summed E-state index contributed by atoms with van der Waals surface area (Å²) in [5, 5.41) is 3.25. The molecule has 4 rings (SSSR count). The number of nitrogens with one attached hydrogen (secondary N) is 1. The van der Waals surface area contributed by atoms with E-state index in [1.165, 1.54) is 0 Å². The number of fused-ring (bicyclic) bond motifs is 1. The third-order valence-corrected chi connectivity index (χ3v) is 5.45. The van der Waals surface area contributed by atoms with Crippen LogP contribution in [0, 0.1) is 0 Å². The highest BCUT2D eigenvalue weighted by molar-refractivity contribution is 5.79. The van der Waals surface area contributed by atoms with Gasteiger partial charge in [0.2, 0.25) is 5.95 Å². The van der Waals surface area contributed by atoms with E-state index in [0.717, 1.165) is 23.3 Å². The molecule has 1 aliphatic rings. The highest BCUT2D eigenvalue weighted by Crippen LogP contribution is 2.25. The zero-order valence-corrected chi connectivity index (χ0v) is 17.8. The average molecular weight is 414 g/mol. The van der Waals surface area contributed by atoms with Gasteiger partial charge in [0.25, 0.3) is 0 Å². The lowest BCUT2D eigenvalue weighted by molar-refractivity contribution is 0.0194. The van der Waals surface area contributed by atoms with Gasteiger partial charge in [0.05, 0.1) is 24.4 Å². The van der Waals surface area contributed by atoms with Crippen LogP contribution in [-0.4, -0.2) is 57.0 Å². The van der Waals surface area contributed by atoms with E-state index in [2.05, 4.69) is 45.6 Å². The molecule has 8 nitrogen and oxygen atoms in total. The summed E-state index contributed by atoms with van der Waals surface area (Å²) in [5.41, 5.74) is 1.92. The van der Waals surface area contributed by atoms with Crippen LogP contribution in [0.2, 0.25) is 0 Å². The summed E-state index contributed by atoms with van der Waals surface area (Å²) in [6.45, 7) is 7.27. The third kappa shape index (κ3) is 3.94. The number of anilines is 3. The van der Waals surface area contributed by atoms with Crippen molar-refractivity contribution in [2.24, 2.45) is 0 Å². The Kier molecular flexibility index (Phi) is 5.80. The van der Waals surface area contributed by atoms with Crippen molar-refractivity contribution in [3.63, 3.8) is 0 Å². The van der Waals surface area contributed by atoms with Gasteiger partial charge in [0.1, 0.15) is 29.1 Å². The fourth-order valence-electron chi connectivity index (χ4n) is 3.97. The molecule has 0 amide bonds. The molecule has 0 aromatic carbocycles. The Balaban J connectivity index is 1.57. The summed E-state index contributed by atoms with van der Waals surface area (Å²) >= 11 is 0. The van der Waals surface area contributed by atoms with Crippen LogP contribution in [0.15, 0.2) is 24.5 Å². The van der Waals surface area contributed by atoms with Gasteiger partial charge in [-0.25, -0.2) is 19.3 Å². The van der Waals surface area contributed by atoms with E-state index in [1.807, 2.05) is 11.0 Å². The Morgan fingerprint density at radius 3 is 2.80 bits per heavy atom. The Labute approximate surface area is 175 Å². The highest BCUT2D eigenvalue weighted by Gasteiger charge is 2.30. The van der Waals surface area contributed by atoms with E-state index in [9.17, 15) is 4.39 Å². The fraction of sp³-hybridized carbons (Fsp3) is 0.524. The molecular weight excluding hydrogens is 385 g/mol. The van der Waals surface area contributed by atoms with Gasteiger partial charge in [-0.05, 0) is 26.3 Å². The first kappa shape index (κ1) is 20.5. The maximum atomic E-state index is 14.3. The number of pyridine rings is 1. The second-order valence-corrected chi connectivity index (χ2v) is 7.80. The lowest BCUT2D eigenvalue weighted by atomic mass is 10.1. The first-order chi connectivity index (χ1) is 14.5. The molecule has 3 aromatic rings. The molecule has 4 heterocycles. The second kappa shape index (κ2) is 8.51. The molecule has 30 heavy (non-hydrogen) atoms. The average Bonchev–Trinajstić information content (AvgIpc) is 3.12.